The van der Waals surface area contributed by atoms with Gasteiger partial charge in [-0.3, -0.25) is 9.48 Å². The number of nitrogens with two attached hydrogens (primary N) is 1. The molecule has 2 aromatic rings. The van der Waals surface area contributed by atoms with E-state index in [9.17, 15) is 4.79 Å². The van der Waals surface area contributed by atoms with Crippen LogP contribution >= 0.6 is 0 Å². The Morgan fingerprint density at radius 1 is 1.29 bits per heavy atom. The maximum absolute atomic E-state index is 12.3. The predicted molar refractivity (Wildman–Crippen MR) is 84.2 cm³/mol. The molecule has 5 nitrogen and oxygen atoms in total. The van der Waals surface area contributed by atoms with Crippen LogP contribution in [0.2, 0.25) is 0 Å². The smallest absolute Gasteiger partial charge is 0.256 e. The molecule has 0 spiro atoms. The standard InChI is InChI=1S/C16H22N4O/c1-16(2,3)13-7-5-11(6-8-13)15(21)18-14-12(9-17)10-20(4)19-14/h5-8,10H,9,17H2,1-4H3,(H,18,19,21). The van der Waals surface area contributed by atoms with Crippen LogP contribution in [0.3, 0.4) is 0 Å². The van der Waals surface area contributed by atoms with Crippen LogP contribution in [0.15, 0.2) is 30.5 Å². The van der Waals surface area contributed by atoms with E-state index in [1.165, 1.54) is 5.56 Å². The summed E-state index contributed by atoms with van der Waals surface area (Å²) in [7, 11) is 1.80. The van der Waals surface area contributed by atoms with Crippen LogP contribution in [0, 0.1) is 0 Å². The van der Waals surface area contributed by atoms with Crippen molar-refractivity contribution in [2.45, 2.75) is 32.7 Å². The minimum Gasteiger partial charge on any atom is -0.326 e. The molecule has 1 aromatic carbocycles. The van der Waals surface area contributed by atoms with E-state index in [1.54, 1.807) is 17.9 Å². The van der Waals surface area contributed by atoms with Crippen LogP contribution in [-0.4, -0.2) is 15.7 Å². The van der Waals surface area contributed by atoms with Gasteiger partial charge in [-0.1, -0.05) is 32.9 Å². The quantitative estimate of drug-likeness (QED) is 0.910. The number of hydrogen-bond acceptors (Lipinski definition) is 3. The molecule has 0 aliphatic rings. The number of aryl methyl sites for hydroxylation is 1. The largest absolute Gasteiger partial charge is 0.326 e. The maximum atomic E-state index is 12.3. The Bertz CT molecular complexity index is 635. The third kappa shape index (κ3) is 3.49. The third-order valence-electron chi connectivity index (χ3n) is 3.37. The van der Waals surface area contributed by atoms with Crippen molar-refractivity contribution < 1.29 is 4.79 Å². The van der Waals surface area contributed by atoms with Gasteiger partial charge in [0.25, 0.3) is 5.91 Å². The van der Waals surface area contributed by atoms with Gasteiger partial charge in [-0.25, -0.2) is 0 Å². The number of hydrogen-bond donors (Lipinski definition) is 2. The van der Waals surface area contributed by atoms with E-state index in [0.717, 1.165) is 5.56 Å². The summed E-state index contributed by atoms with van der Waals surface area (Å²) in [5.74, 6) is 0.341. The SMILES string of the molecule is Cn1cc(CN)c(NC(=O)c2ccc(C(C)(C)C)cc2)n1. The van der Waals surface area contributed by atoms with Crippen molar-refractivity contribution in [3.63, 3.8) is 0 Å². The van der Waals surface area contributed by atoms with Gasteiger partial charge in [0.2, 0.25) is 0 Å². The first-order chi connectivity index (χ1) is 9.81. The Hall–Kier alpha value is -2.14. The number of nitrogens with zero attached hydrogens (tertiary/aromatic N) is 2. The summed E-state index contributed by atoms with van der Waals surface area (Å²) in [6.45, 7) is 6.77. The highest BCUT2D eigenvalue weighted by Crippen LogP contribution is 2.22. The van der Waals surface area contributed by atoms with Crippen molar-refractivity contribution >= 4 is 11.7 Å². The Morgan fingerprint density at radius 3 is 2.43 bits per heavy atom. The lowest BCUT2D eigenvalue weighted by Crippen LogP contribution is -2.15. The van der Waals surface area contributed by atoms with Gasteiger partial charge in [-0.15, -0.1) is 0 Å². The van der Waals surface area contributed by atoms with Gasteiger partial charge in [0.05, 0.1) is 0 Å². The van der Waals surface area contributed by atoms with Crippen molar-refractivity contribution in [3.05, 3.63) is 47.2 Å². The highest BCUT2D eigenvalue weighted by Gasteiger charge is 2.15. The zero-order chi connectivity index (χ0) is 15.6. The van der Waals surface area contributed by atoms with Crippen molar-refractivity contribution in [1.29, 1.82) is 0 Å². The normalized spacial score (nSPS) is 11.5. The van der Waals surface area contributed by atoms with E-state index >= 15 is 0 Å². The van der Waals surface area contributed by atoms with Crippen LogP contribution in [-0.2, 0) is 19.0 Å². The number of aromatic nitrogens is 2. The van der Waals surface area contributed by atoms with Gasteiger partial charge in [0, 0.05) is 30.9 Å². The van der Waals surface area contributed by atoms with Crippen LogP contribution in [0.1, 0.15) is 42.3 Å². The van der Waals surface area contributed by atoms with Gasteiger partial charge >= 0.3 is 0 Å². The summed E-state index contributed by atoms with van der Waals surface area (Å²) in [6.07, 6.45) is 1.80. The summed E-state index contributed by atoms with van der Waals surface area (Å²) in [4.78, 5) is 12.3. The molecule has 0 radical (unpaired) electrons. The molecule has 112 valence electrons. The van der Waals surface area contributed by atoms with Crippen LogP contribution in [0.25, 0.3) is 0 Å². The molecule has 5 heteroatoms. The zero-order valence-electron chi connectivity index (χ0n) is 13.0. The lowest BCUT2D eigenvalue weighted by atomic mass is 9.87. The van der Waals surface area contributed by atoms with E-state index in [0.29, 0.717) is 17.9 Å². The maximum Gasteiger partial charge on any atom is 0.256 e. The van der Waals surface area contributed by atoms with E-state index in [2.05, 4.69) is 31.2 Å². The van der Waals surface area contributed by atoms with E-state index in [1.807, 2.05) is 24.3 Å². The molecule has 3 N–H and O–H groups in total. The zero-order valence-corrected chi connectivity index (χ0v) is 13.0. The fourth-order valence-electron chi connectivity index (χ4n) is 2.09. The molecule has 1 amide bonds. The lowest BCUT2D eigenvalue weighted by molar-refractivity contribution is 0.102. The fourth-order valence-corrected chi connectivity index (χ4v) is 2.09. The van der Waals surface area contributed by atoms with Crippen molar-refractivity contribution in [1.82, 2.24) is 9.78 Å². The van der Waals surface area contributed by atoms with Gasteiger partial charge in [-0.2, -0.15) is 5.10 Å². The third-order valence-corrected chi connectivity index (χ3v) is 3.37. The Balaban J connectivity index is 2.17. The summed E-state index contributed by atoms with van der Waals surface area (Å²) in [5, 5.41) is 7.01. The average molecular weight is 286 g/mol. The predicted octanol–water partition coefficient (Wildman–Crippen LogP) is 2.43. The second kappa shape index (κ2) is 5.69. The van der Waals surface area contributed by atoms with Crippen molar-refractivity contribution in [3.8, 4) is 0 Å². The molecular weight excluding hydrogens is 264 g/mol. The number of carbonyl (C=O) groups is 1. The molecule has 0 unspecified atom stereocenters. The number of anilines is 1. The number of rotatable bonds is 3. The number of benzene rings is 1. The van der Waals surface area contributed by atoms with Gasteiger partial charge < -0.3 is 11.1 Å². The highest BCUT2D eigenvalue weighted by molar-refractivity contribution is 6.04. The summed E-state index contributed by atoms with van der Waals surface area (Å²) < 4.78 is 1.64. The van der Waals surface area contributed by atoms with Crippen molar-refractivity contribution in [2.75, 3.05) is 5.32 Å². The van der Waals surface area contributed by atoms with Gasteiger partial charge in [0.15, 0.2) is 5.82 Å². The molecule has 0 saturated heterocycles. The molecule has 2 rings (SSSR count). The van der Waals surface area contributed by atoms with Crippen LogP contribution < -0.4 is 11.1 Å². The Kier molecular flexibility index (Phi) is 4.14. The van der Waals surface area contributed by atoms with Crippen molar-refractivity contribution in [2.24, 2.45) is 12.8 Å². The van der Waals surface area contributed by atoms with Crippen LogP contribution in [0.4, 0.5) is 5.82 Å². The average Bonchev–Trinajstić information content (AvgIpc) is 2.78. The minimum absolute atomic E-state index is 0.0721. The number of amides is 1. The summed E-state index contributed by atoms with van der Waals surface area (Å²) in [5.41, 5.74) is 8.33. The lowest BCUT2D eigenvalue weighted by Gasteiger charge is -2.19. The van der Waals surface area contributed by atoms with E-state index in [4.69, 9.17) is 5.73 Å². The first-order valence-electron chi connectivity index (χ1n) is 6.95. The molecule has 0 saturated carbocycles. The molecule has 0 atom stereocenters. The minimum atomic E-state index is -0.177. The molecule has 0 bridgehead atoms. The topological polar surface area (TPSA) is 72.9 Å². The Morgan fingerprint density at radius 2 is 1.90 bits per heavy atom. The van der Waals surface area contributed by atoms with E-state index in [-0.39, 0.29) is 11.3 Å². The molecule has 0 fully saturated rings. The van der Waals surface area contributed by atoms with Gasteiger partial charge in [-0.05, 0) is 23.1 Å². The first kappa shape index (κ1) is 15.3. The molecular formula is C16H22N4O. The second-order valence-corrected chi connectivity index (χ2v) is 6.16. The number of carbonyl (C=O) groups excluding carboxylic acids is 1. The Labute approximate surface area is 125 Å². The monoisotopic (exact) mass is 286 g/mol. The van der Waals surface area contributed by atoms with Crippen LogP contribution in [0.5, 0.6) is 0 Å². The molecule has 1 aromatic heterocycles. The molecule has 0 aliphatic heterocycles. The van der Waals surface area contributed by atoms with E-state index < -0.39 is 0 Å². The second-order valence-electron chi connectivity index (χ2n) is 6.16. The first-order valence-corrected chi connectivity index (χ1v) is 6.95. The molecule has 1 heterocycles. The summed E-state index contributed by atoms with van der Waals surface area (Å²) in [6, 6.07) is 7.64. The molecule has 21 heavy (non-hydrogen) atoms. The number of nitrogens with one attached hydrogen (secondary N) is 1. The highest BCUT2D eigenvalue weighted by atomic mass is 16.1. The molecule has 0 aliphatic carbocycles. The van der Waals surface area contributed by atoms with Gasteiger partial charge in [0.1, 0.15) is 0 Å². The fraction of sp³-hybridized carbons (Fsp3) is 0.375. The summed E-state index contributed by atoms with van der Waals surface area (Å²) >= 11 is 0.